The van der Waals surface area contributed by atoms with Crippen molar-refractivity contribution in [2.45, 2.75) is 19.8 Å². The standard InChI is InChI=1S/C11H12N2O3S/c1-7(6-10(14)15)5-9-12-11(13-16-9)8-3-2-4-17-8/h2-4,7H,5-6H2,1H3,(H,14,15). The molecule has 6 heteroatoms. The van der Waals surface area contributed by atoms with Crippen LogP contribution >= 0.6 is 11.3 Å². The van der Waals surface area contributed by atoms with Gasteiger partial charge in [-0.2, -0.15) is 4.98 Å². The van der Waals surface area contributed by atoms with Gasteiger partial charge in [-0.05, 0) is 17.4 Å². The summed E-state index contributed by atoms with van der Waals surface area (Å²) < 4.78 is 5.09. The Kier molecular flexibility index (Phi) is 3.53. The van der Waals surface area contributed by atoms with E-state index >= 15 is 0 Å². The van der Waals surface area contributed by atoms with E-state index < -0.39 is 5.97 Å². The zero-order valence-corrected chi connectivity index (χ0v) is 10.1. The van der Waals surface area contributed by atoms with E-state index in [4.69, 9.17) is 9.63 Å². The fourth-order valence-corrected chi connectivity index (χ4v) is 2.16. The Morgan fingerprint density at radius 2 is 2.47 bits per heavy atom. The van der Waals surface area contributed by atoms with E-state index in [0.29, 0.717) is 18.1 Å². The molecule has 1 atom stereocenters. The lowest BCUT2D eigenvalue weighted by molar-refractivity contribution is -0.137. The van der Waals surface area contributed by atoms with Crippen molar-refractivity contribution in [3.8, 4) is 10.7 Å². The zero-order chi connectivity index (χ0) is 12.3. The van der Waals surface area contributed by atoms with Gasteiger partial charge in [0.15, 0.2) is 0 Å². The van der Waals surface area contributed by atoms with Crippen LogP contribution in [0.15, 0.2) is 22.0 Å². The van der Waals surface area contributed by atoms with Crippen LogP contribution in [0.25, 0.3) is 10.7 Å². The van der Waals surface area contributed by atoms with Gasteiger partial charge in [-0.15, -0.1) is 11.3 Å². The molecule has 0 aliphatic heterocycles. The molecule has 0 aliphatic rings. The van der Waals surface area contributed by atoms with E-state index in [2.05, 4.69) is 10.1 Å². The minimum Gasteiger partial charge on any atom is -0.481 e. The Morgan fingerprint density at radius 1 is 1.65 bits per heavy atom. The highest BCUT2D eigenvalue weighted by atomic mass is 32.1. The summed E-state index contributed by atoms with van der Waals surface area (Å²) in [5.74, 6) is 0.235. The lowest BCUT2D eigenvalue weighted by Gasteiger charge is -2.02. The highest BCUT2D eigenvalue weighted by molar-refractivity contribution is 7.13. The molecule has 2 rings (SSSR count). The quantitative estimate of drug-likeness (QED) is 0.884. The van der Waals surface area contributed by atoms with Crippen molar-refractivity contribution in [1.82, 2.24) is 10.1 Å². The molecule has 2 heterocycles. The first-order chi connectivity index (χ1) is 8.15. The number of nitrogens with zero attached hydrogens (tertiary/aromatic N) is 2. The Morgan fingerprint density at radius 3 is 3.12 bits per heavy atom. The smallest absolute Gasteiger partial charge is 0.303 e. The van der Waals surface area contributed by atoms with Crippen LogP contribution in [0.1, 0.15) is 19.2 Å². The predicted molar refractivity (Wildman–Crippen MR) is 62.7 cm³/mol. The van der Waals surface area contributed by atoms with Crippen LogP contribution in [0.2, 0.25) is 0 Å². The van der Waals surface area contributed by atoms with E-state index in [1.807, 2.05) is 24.4 Å². The van der Waals surface area contributed by atoms with Crippen LogP contribution in [-0.4, -0.2) is 21.2 Å². The first-order valence-electron chi connectivity index (χ1n) is 5.23. The Hall–Kier alpha value is -1.69. The van der Waals surface area contributed by atoms with Crippen LogP contribution in [0.5, 0.6) is 0 Å². The van der Waals surface area contributed by atoms with E-state index in [1.54, 1.807) is 0 Å². The zero-order valence-electron chi connectivity index (χ0n) is 9.29. The van der Waals surface area contributed by atoms with Crippen LogP contribution in [0.3, 0.4) is 0 Å². The van der Waals surface area contributed by atoms with Crippen LogP contribution in [0.4, 0.5) is 0 Å². The van der Waals surface area contributed by atoms with Gasteiger partial charge < -0.3 is 9.63 Å². The van der Waals surface area contributed by atoms with E-state index in [9.17, 15) is 4.79 Å². The highest BCUT2D eigenvalue weighted by Gasteiger charge is 2.14. The molecule has 0 amide bonds. The Bertz CT molecular complexity index is 493. The summed E-state index contributed by atoms with van der Waals surface area (Å²) in [5, 5.41) is 14.5. The molecule has 17 heavy (non-hydrogen) atoms. The summed E-state index contributed by atoms with van der Waals surface area (Å²) in [7, 11) is 0. The third kappa shape index (κ3) is 3.13. The summed E-state index contributed by atoms with van der Waals surface area (Å²) >= 11 is 1.54. The molecule has 5 nitrogen and oxygen atoms in total. The van der Waals surface area contributed by atoms with Crippen LogP contribution in [-0.2, 0) is 11.2 Å². The van der Waals surface area contributed by atoms with Gasteiger partial charge in [0.25, 0.3) is 0 Å². The van der Waals surface area contributed by atoms with Crippen molar-refractivity contribution in [3.63, 3.8) is 0 Å². The molecule has 1 N–H and O–H groups in total. The number of thiophene rings is 1. The maximum absolute atomic E-state index is 10.5. The van der Waals surface area contributed by atoms with Crippen LogP contribution < -0.4 is 0 Å². The van der Waals surface area contributed by atoms with Gasteiger partial charge in [-0.25, -0.2) is 0 Å². The second-order valence-electron chi connectivity index (χ2n) is 3.90. The Balaban J connectivity index is 2.01. The lowest BCUT2D eigenvalue weighted by Crippen LogP contribution is -2.07. The minimum absolute atomic E-state index is 0.0101. The predicted octanol–water partition coefficient (Wildman–Crippen LogP) is 2.45. The van der Waals surface area contributed by atoms with Crippen molar-refractivity contribution >= 4 is 17.3 Å². The number of aromatic nitrogens is 2. The second kappa shape index (κ2) is 5.09. The highest BCUT2D eigenvalue weighted by Crippen LogP contribution is 2.22. The summed E-state index contributed by atoms with van der Waals surface area (Å²) in [6.45, 7) is 1.85. The molecule has 1 unspecified atom stereocenters. The fraction of sp³-hybridized carbons (Fsp3) is 0.364. The number of carbonyl (C=O) groups is 1. The largest absolute Gasteiger partial charge is 0.481 e. The molecule has 0 radical (unpaired) electrons. The normalized spacial score (nSPS) is 12.5. The molecule has 0 aromatic carbocycles. The van der Waals surface area contributed by atoms with Crippen molar-refractivity contribution in [3.05, 3.63) is 23.4 Å². The molecule has 90 valence electrons. The molecule has 2 aromatic rings. The topological polar surface area (TPSA) is 76.2 Å². The van der Waals surface area contributed by atoms with Gasteiger partial charge in [-0.3, -0.25) is 4.79 Å². The molecule has 0 spiro atoms. The van der Waals surface area contributed by atoms with Crippen molar-refractivity contribution in [2.24, 2.45) is 5.92 Å². The van der Waals surface area contributed by atoms with Gasteiger partial charge in [0.05, 0.1) is 4.88 Å². The average Bonchev–Trinajstić information content (AvgIpc) is 2.84. The van der Waals surface area contributed by atoms with Gasteiger partial charge in [-0.1, -0.05) is 18.1 Å². The molecule has 0 saturated heterocycles. The third-order valence-corrected chi connectivity index (χ3v) is 3.12. The van der Waals surface area contributed by atoms with Crippen molar-refractivity contribution in [1.29, 1.82) is 0 Å². The van der Waals surface area contributed by atoms with Gasteiger partial charge in [0, 0.05) is 12.8 Å². The number of hydrogen-bond donors (Lipinski definition) is 1. The number of carboxylic acid groups (broad SMARTS) is 1. The molecule has 0 bridgehead atoms. The Labute approximate surface area is 102 Å². The average molecular weight is 252 g/mol. The minimum atomic E-state index is -0.810. The van der Waals surface area contributed by atoms with E-state index in [0.717, 1.165) is 4.88 Å². The van der Waals surface area contributed by atoms with Crippen LogP contribution in [0, 0.1) is 5.92 Å². The maximum atomic E-state index is 10.5. The molecule has 0 aliphatic carbocycles. The number of rotatable bonds is 5. The molecular formula is C11H12N2O3S. The summed E-state index contributed by atoms with van der Waals surface area (Å²) in [6.07, 6.45) is 0.599. The van der Waals surface area contributed by atoms with Crippen molar-refractivity contribution in [2.75, 3.05) is 0 Å². The SMILES string of the molecule is CC(CC(=O)O)Cc1nc(-c2cccs2)no1. The summed E-state index contributed by atoms with van der Waals surface area (Å²) in [4.78, 5) is 15.7. The third-order valence-electron chi connectivity index (χ3n) is 2.26. The number of aliphatic carboxylic acids is 1. The molecule has 0 fully saturated rings. The monoisotopic (exact) mass is 252 g/mol. The van der Waals surface area contributed by atoms with Gasteiger partial charge >= 0.3 is 5.97 Å². The first-order valence-corrected chi connectivity index (χ1v) is 6.11. The number of hydrogen-bond acceptors (Lipinski definition) is 5. The van der Waals surface area contributed by atoms with Crippen molar-refractivity contribution < 1.29 is 14.4 Å². The first kappa shape index (κ1) is 11.8. The fourth-order valence-electron chi connectivity index (χ4n) is 1.51. The number of carboxylic acids is 1. The van der Waals surface area contributed by atoms with E-state index in [-0.39, 0.29) is 12.3 Å². The summed E-state index contributed by atoms with van der Waals surface area (Å²) in [5.41, 5.74) is 0. The van der Waals surface area contributed by atoms with E-state index in [1.165, 1.54) is 11.3 Å². The lowest BCUT2D eigenvalue weighted by atomic mass is 10.0. The van der Waals surface area contributed by atoms with Gasteiger partial charge in [0.2, 0.25) is 11.7 Å². The maximum Gasteiger partial charge on any atom is 0.303 e. The second-order valence-corrected chi connectivity index (χ2v) is 4.84. The molecule has 2 aromatic heterocycles. The summed E-state index contributed by atoms with van der Waals surface area (Å²) in [6, 6.07) is 3.84. The molecule has 0 saturated carbocycles. The molecular weight excluding hydrogens is 240 g/mol. The van der Waals surface area contributed by atoms with Gasteiger partial charge in [0.1, 0.15) is 0 Å².